The van der Waals surface area contributed by atoms with Crippen molar-refractivity contribution in [2.24, 2.45) is 0 Å². The summed E-state index contributed by atoms with van der Waals surface area (Å²) in [5, 5.41) is 1.78. The fourth-order valence-electron chi connectivity index (χ4n) is 1.58. The molecule has 0 atom stereocenters. The van der Waals surface area contributed by atoms with Gasteiger partial charge in [-0.1, -0.05) is 0 Å². The number of thiophene rings is 1. The highest BCUT2D eigenvalue weighted by Crippen LogP contribution is 2.27. The van der Waals surface area contributed by atoms with Crippen molar-refractivity contribution in [1.82, 2.24) is 4.31 Å². The summed E-state index contributed by atoms with van der Waals surface area (Å²) in [7, 11) is -3.32. The van der Waals surface area contributed by atoms with Gasteiger partial charge in [0.25, 0.3) is 0 Å². The molecular weight excluding hydrogens is 286 g/mol. The summed E-state index contributed by atoms with van der Waals surface area (Å²) in [5.74, 6) is 2.01. The van der Waals surface area contributed by atoms with Crippen molar-refractivity contribution in [1.29, 1.82) is 0 Å². The van der Waals surface area contributed by atoms with Crippen molar-refractivity contribution in [2.75, 3.05) is 24.6 Å². The lowest BCUT2D eigenvalue weighted by Gasteiger charge is -2.25. The second-order valence-corrected chi connectivity index (χ2v) is 7.76. The molecule has 1 aliphatic heterocycles. The molecule has 2 heterocycles. The highest BCUT2D eigenvalue weighted by Gasteiger charge is 2.28. The molecule has 0 aromatic carbocycles. The van der Waals surface area contributed by atoms with Crippen LogP contribution in [-0.2, 0) is 15.9 Å². The molecule has 3 nitrogen and oxygen atoms in total. The third-order valence-electron chi connectivity index (χ3n) is 2.41. The Morgan fingerprint density at radius 1 is 1.38 bits per heavy atom. The van der Waals surface area contributed by atoms with Crippen LogP contribution in [-0.4, -0.2) is 37.3 Å². The maximum Gasteiger partial charge on any atom is 0.244 e. The van der Waals surface area contributed by atoms with Crippen LogP contribution < -0.4 is 0 Å². The van der Waals surface area contributed by atoms with E-state index in [1.807, 2.05) is 0 Å². The molecule has 0 amide bonds. The molecule has 1 saturated heterocycles. The van der Waals surface area contributed by atoms with Crippen LogP contribution in [0.2, 0.25) is 0 Å². The van der Waals surface area contributed by atoms with Crippen LogP contribution in [0.25, 0.3) is 0 Å². The van der Waals surface area contributed by atoms with Crippen LogP contribution in [0.15, 0.2) is 16.3 Å². The fraction of sp³-hybridized carbons (Fsp3) is 0.556. The molecule has 2 rings (SSSR count). The van der Waals surface area contributed by atoms with Crippen molar-refractivity contribution in [3.8, 4) is 0 Å². The lowest BCUT2D eigenvalue weighted by Crippen LogP contribution is -2.37. The molecule has 0 aliphatic carbocycles. The maximum atomic E-state index is 12.3. The van der Waals surface area contributed by atoms with Crippen LogP contribution in [0.1, 0.15) is 4.88 Å². The number of hydrogen-bond donors (Lipinski definition) is 0. The molecule has 1 aliphatic rings. The fourth-order valence-corrected chi connectivity index (χ4v) is 5.83. The Balaban J connectivity index is 2.30. The Bertz CT molecular complexity index is 451. The number of rotatable bonds is 3. The van der Waals surface area contributed by atoms with E-state index in [2.05, 4.69) is 0 Å². The van der Waals surface area contributed by atoms with Crippen LogP contribution in [0.3, 0.4) is 0 Å². The first-order valence-electron chi connectivity index (χ1n) is 4.86. The van der Waals surface area contributed by atoms with E-state index in [1.54, 1.807) is 27.5 Å². The van der Waals surface area contributed by atoms with Gasteiger partial charge in [0.15, 0.2) is 0 Å². The number of halogens is 1. The van der Waals surface area contributed by atoms with Gasteiger partial charge in [0, 0.05) is 29.5 Å². The quantitative estimate of drug-likeness (QED) is 0.803. The Hall–Kier alpha value is 0.250. The summed E-state index contributed by atoms with van der Waals surface area (Å²) in [4.78, 5) is 1.12. The van der Waals surface area contributed by atoms with E-state index < -0.39 is 10.0 Å². The molecule has 1 aromatic rings. The second kappa shape index (κ2) is 5.27. The SMILES string of the molecule is O=S(=O)(c1ccsc1CCl)N1CCSCC1. The van der Waals surface area contributed by atoms with Crippen molar-refractivity contribution in [3.05, 3.63) is 16.3 Å². The summed E-state index contributed by atoms with van der Waals surface area (Å²) in [6, 6.07) is 1.65. The molecule has 0 saturated carbocycles. The monoisotopic (exact) mass is 297 g/mol. The van der Waals surface area contributed by atoms with Crippen LogP contribution >= 0.6 is 34.7 Å². The van der Waals surface area contributed by atoms with Gasteiger partial charge in [-0.2, -0.15) is 16.1 Å². The van der Waals surface area contributed by atoms with E-state index in [1.165, 1.54) is 11.3 Å². The van der Waals surface area contributed by atoms with E-state index in [0.717, 1.165) is 16.4 Å². The highest BCUT2D eigenvalue weighted by molar-refractivity contribution is 7.99. The number of hydrogen-bond acceptors (Lipinski definition) is 4. The molecule has 90 valence electrons. The molecule has 16 heavy (non-hydrogen) atoms. The minimum absolute atomic E-state index is 0.259. The van der Waals surface area contributed by atoms with Gasteiger partial charge in [0.05, 0.1) is 10.8 Å². The molecule has 1 fully saturated rings. The summed E-state index contributed by atoms with van der Waals surface area (Å²) in [6.07, 6.45) is 0. The Labute approximate surface area is 109 Å². The van der Waals surface area contributed by atoms with Gasteiger partial charge < -0.3 is 0 Å². The van der Waals surface area contributed by atoms with Gasteiger partial charge in [0.2, 0.25) is 10.0 Å². The second-order valence-electron chi connectivity index (χ2n) is 3.36. The summed E-state index contributed by atoms with van der Waals surface area (Å²) >= 11 is 8.93. The molecule has 7 heteroatoms. The maximum absolute atomic E-state index is 12.3. The van der Waals surface area contributed by atoms with Crippen LogP contribution in [0.5, 0.6) is 0 Å². The van der Waals surface area contributed by atoms with Crippen molar-refractivity contribution < 1.29 is 8.42 Å². The van der Waals surface area contributed by atoms with E-state index >= 15 is 0 Å². The molecular formula is C9H12ClNO2S3. The van der Waals surface area contributed by atoms with Gasteiger partial charge in [-0.05, 0) is 11.4 Å². The average Bonchev–Trinajstić information content (AvgIpc) is 2.79. The standard InChI is InChI=1S/C9H12ClNO2S3/c10-7-8-9(1-4-15-8)16(12,13)11-2-5-14-6-3-11/h1,4H,2-3,5-7H2. The molecule has 0 unspecified atom stereocenters. The highest BCUT2D eigenvalue weighted by atomic mass is 35.5. The van der Waals surface area contributed by atoms with E-state index in [4.69, 9.17) is 11.6 Å². The number of sulfonamides is 1. The number of alkyl halides is 1. The normalized spacial score (nSPS) is 18.8. The average molecular weight is 298 g/mol. The van der Waals surface area contributed by atoms with Gasteiger partial charge in [0.1, 0.15) is 0 Å². The lowest BCUT2D eigenvalue weighted by atomic mass is 10.5. The topological polar surface area (TPSA) is 37.4 Å². The first kappa shape index (κ1) is 12.7. The first-order chi connectivity index (χ1) is 7.66. The smallest absolute Gasteiger partial charge is 0.207 e. The predicted molar refractivity (Wildman–Crippen MR) is 70.0 cm³/mol. The van der Waals surface area contributed by atoms with E-state index in [9.17, 15) is 8.42 Å². The van der Waals surface area contributed by atoms with Gasteiger partial charge >= 0.3 is 0 Å². The first-order valence-corrected chi connectivity index (χ1v) is 8.87. The van der Waals surface area contributed by atoms with E-state index in [0.29, 0.717) is 18.0 Å². The van der Waals surface area contributed by atoms with Crippen molar-refractivity contribution in [3.63, 3.8) is 0 Å². The molecule has 0 bridgehead atoms. The molecule has 0 N–H and O–H groups in total. The van der Waals surface area contributed by atoms with Gasteiger partial charge in [-0.25, -0.2) is 8.42 Å². The summed E-state index contributed by atoms with van der Waals surface area (Å²) in [6.45, 7) is 1.20. The predicted octanol–water partition coefficient (Wildman–Crippen LogP) is 2.22. The molecule has 1 aromatic heterocycles. The molecule has 0 radical (unpaired) electrons. The zero-order valence-electron chi connectivity index (χ0n) is 8.56. The van der Waals surface area contributed by atoms with Crippen LogP contribution in [0, 0.1) is 0 Å². The summed E-state index contributed by atoms with van der Waals surface area (Å²) < 4.78 is 26.1. The number of thioether (sulfide) groups is 1. The number of nitrogens with zero attached hydrogens (tertiary/aromatic N) is 1. The minimum Gasteiger partial charge on any atom is -0.207 e. The van der Waals surface area contributed by atoms with E-state index in [-0.39, 0.29) is 5.88 Å². The third kappa shape index (κ3) is 2.41. The summed E-state index contributed by atoms with van der Waals surface area (Å²) in [5.41, 5.74) is 0. The largest absolute Gasteiger partial charge is 0.244 e. The molecule has 0 spiro atoms. The Kier molecular flexibility index (Phi) is 4.18. The Morgan fingerprint density at radius 3 is 2.69 bits per heavy atom. The zero-order chi connectivity index (χ0) is 11.6. The van der Waals surface area contributed by atoms with Crippen molar-refractivity contribution in [2.45, 2.75) is 10.8 Å². The van der Waals surface area contributed by atoms with Gasteiger partial charge in [-0.15, -0.1) is 22.9 Å². The zero-order valence-corrected chi connectivity index (χ0v) is 11.8. The third-order valence-corrected chi connectivity index (χ3v) is 6.82. The van der Waals surface area contributed by atoms with Crippen LogP contribution in [0.4, 0.5) is 0 Å². The minimum atomic E-state index is -3.32. The van der Waals surface area contributed by atoms with Crippen molar-refractivity contribution >= 4 is 44.7 Å². The lowest BCUT2D eigenvalue weighted by molar-refractivity contribution is 0.443. The Morgan fingerprint density at radius 2 is 2.06 bits per heavy atom. The van der Waals surface area contributed by atoms with Gasteiger partial charge in [-0.3, -0.25) is 0 Å².